The minimum atomic E-state index is 0.600. The van der Waals surface area contributed by atoms with Gasteiger partial charge >= 0.3 is 0 Å². The summed E-state index contributed by atoms with van der Waals surface area (Å²) in [5.74, 6) is 0.851. The number of hydrogen-bond acceptors (Lipinski definition) is 4. The van der Waals surface area contributed by atoms with Crippen molar-refractivity contribution in [3.8, 4) is 0 Å². The number of nitrogens with one attached hydrogen (secondary N) is 1. The Balaban J connectivity index is 1.76. The van der Waals surface area contributed by atoms with Crippen molar-refractivity contribution in [3.63, 3.8) is 0 Å². The first-order valence-corrected chi connectivity index (χ1v) is 6.59. The van der Waals surface area contributed by atoms with Gasteiger partial charge in [0.25, 0.3) is 0 Å². The van der Waals surface area contributed by atoms with Crippen molar-refractivity contribution in [1.29, 1.82) is 0 Å². The maximum absolute atomic E-state index is 5.54. The molecule has 0 saturated heterocycles. The summed E-state index contributed by atoms with van der Waals surface area (Å²) >= 11 is 1.67. The van der Waals surface area contributed by atoms with Gasteiger partial charge in [-0.05, 0) is 18.8 Å². The number of aromatic nitrogens is 1. The van der Waals surface area contributed by atoms with E-state index in [1.807, 2.05) is 6.20 Å². The Bertz CT molecular complexity index is 292. The van der Waals surface area contributed by atoms with Gasteiger partial charge in [0.15, 0.2) is 5.13 Å². The van der Waals surface area contributed by atoms with Gasteiger partial charge in [0.05, 0.1) is 0 Å². The lowest BCUT2D eigenvalue weighted by atomic mass is 9.89. The highest BCUT2D eigenvalue weighted by atomic mass is 32.1. The Labute approximate surface area is 95.1 Å². The molecule has 1 aliphatic carbocycles. The maximum Gasteiger partial charge on any atom is 0.182 e. The molecular formula is C11H19N3S. The van der Waals surface area contributed by atoms with Gasteiger partial charge < -0.3 is 11.1 Å². The van der Waals surface area contributed by atoms with Crippen LogP contribution >= 0.6 is 11.3 Å². The fourth-order valence-electron chi connectivity index (χ4n) is 2.11. The molecule has 3 nitrogen and oxygen atoms in total. The minimum absolute atomic E-state index is 0.600. The SMILES string of the molecule is NCc1cnc(NCC2CCCCC2)s1. The summed E-state index contributed by atoms with van der Waals surface area (Å²) < 4.78 is 0. The van der Waals surface area contributed by atoms with Gasteiger partial charge in [0, 0.05) is 24.2 Å². The molecule has 1 aromatic heterocycles. The van der Waals surface area contributed by atoms with E-state index >= 15 is 0 Å². The van der Waals surface area contributed by atoms with E-state index < -0.39 is 0 Å². The zero-order chi connectivity index (χ0) is 10.5. The van der Waals surface area contributed by atoms with Gasteiger partial charge in [0.2, 0.25) is 0 Å². The van der Waals surface area contributed by atoms with E-state index in [9.17, 15) is 0 Å². The third kappa shape index (κ3) is 3.18. The third-order valence-electron chi connectivity index (χ3n) is 3.02. The molecule has 0 atom stereocenters. The fourth-order valence-corrected chi connectivity index (χ4v) is 2.80. The van der Waals surface area contributed by atoms with Crippen LogP contribution in [0.3, 0.4) is 0 Å². The molecule has 2 rings (SSSR count). The molecule has 0 unspecified atom stereocenters. The predicted octanol–water partition coefficient (Wildman–Crippen LogP) is 2.59. The lowest BCUT2D eigenvalue weighted by Gasteiger charge is -2.21. The smallest absolute Gasteiger partial charge is 0.182 e. The van der Waals surface area contributed by atoms with Crippen LogP contribution < -0.4 is 11.1 Å². The van der Waals surface area contributed by atoms with Gasteiger partial charge in [-0.3, -0.25) is 0 Å². The molecule has 0 radical (unpaired) electrons. The molecule has 0 aromatic carbocycles. The summed E-state index contributed by atoms with van der Waals surface area (Å²) in [4.78, 5) is 5.45. The first-order valence-electron chi connectivity index (χ1n) is 5.77. The van der Waals surface area contributed by atoms with Crippen LogP contribution in [0.5, 0.6) is 0 Å². The average molecular weight is 225 g/mol. The first-order chi connectivity index (χ1) is 7.38. The molecule has 1 aliphatic rings. The van der Waals surface area contributed by atoms with E-state index in [1.54, 1.807) is 11.3 Å². The van der Waals surface area contributed by atoms with Crippen LogP contribution in [-0.4, -0.2) is 11.5 Å². The van der Waals surface area contributed by atoms with Crippen LogP contribution in [0.25, 0.3) is 0 Å². The Morgan fingerprint density at radius 3 is 2.87 bits per heavy atom. The van der Waals surface area contributed by atoms with Crippen LogP contribution in [0, 0.1) is 5.92 Å². The van der Waals surface area contributed by atoms with Gasteiger partial charge in [-0.25, -0.2) is 4.98 Å². The Kier molecular flexibility index (Phi) is 3.97. The molecule has 4 heteroatoms. The highest BCUT2D eigenvalue weighted by Gasteiger charge is 2.13. The number of nitrogens with zero attached hydrogens (tertiary/aromatic N) is 1. The molecule has 0 spiro atoms. The van der Waals surface area contributed by atoms with Crippen LogP contribution in [0.15, 0.2) is 6.20 Å². The second-order valence-electron chi connectivity index (χ2n) is 4.22. The van der Waals surface area contributed by atoms with Gasteiger partial charge in [0.1, 0.15) is 0 Å². The van der Waals surface area contributed by atoms with E-state index in [2.05, 4.69) is 10.3 Å². The molecule has 84 valence electrons. The largest absolute Gasteiger partial charge is 0.361 e. The highest BCUT2D eigenvalue weighted by Crippen LogP contribution is 2.25. The molecule has 15 heavy (non-hydrogen) atoms. The quantitative estimate of drug-likeness (QED) is 0.828. The molecule has 1 aromatic rings. The summed E-state index contributed by atoms with van der Waals surface area (Å²) in [7, 11) is 0. The van der Waals surface area contributed by atoms with Gasteiger partial charge in [-0.15, -0.1) is 11.3 Å². The third-order valence-corrected chi connectivity index (χ3v) is 4.00. The molecule has 0 aliphatic heterocycles. The van der Waals surface area contributed by atoms with E-state index in [0.29, 0.717) is 6.54 Å². The first kappa shape index (κ1) is 10.9. The predicted molar refractivity (Wildman–Crippen MR) is 65.1 cm³/mol. The second kappa shape index (κ2) is 5.47. The zero-order valence-corrected chi connectivity index (χ0v) is 9.85. The molecular weight excluding hydrogens is 206 g/mol. The standard InChI is InChI=1S/C11H19N3S/c12-6-10-8-14-11(15-10)13-7-9-4-2-1-3-5-9/h8-9H,1-7,12H2,(H,13,14). The normalized spacial score (nSPS) is 17.9. The Morgan fingerprint density at radius 1 is 1.40 bits per heavy atom. The summed E-state index contributed by atoms with van der Waals surface area (Å²) in [6.07, 6.45) is 8.85. The van der Waals surface area contributed by atoms with Crippen molar-refractivity contribution >= 4 is 16.5 Å². The van der Waals surface area contributed by atoms with Crippen LogP contribution in [0.2, 0.25) is 0 Å². The van der Waals surface area contributed by atoms with Gasteiger partial charge in [-0.1, -0.05) is 19.3 Å². The van der Waals surface area contributed by atoms with Crippen molar-refractivity contribution in [2.24, 2.45) is 11.7 Å². The number of rotatable bonds is 4. The molecule has 0 amide bonds. The van der Waals surface area contributed by atoms with Crippen molar-refractivity contribution in [3.05, 3.63) is 11.1 Å². The van der Waals surface area contributed by atoms with Crippen LogP contribution in [-0.2, 0) is 6.54 Å². The van der Waals surface area contributed by atoms with E-state index in [0.717, 1.165) is 22.5 Å². The van der Waals surface area contributed by atoms with E-state index in [4.69, 9.17) is 5.73 Å². The fraction of sp³-hybridized carbons (Fsp3) is 0.727. The Morgan fingerprint density at radius 2 is 2.20 bits per heavy atom. The average Bonchev–Trinajstić information content (AvgIpc) is 2.76. The monoisotopic (exact) mass is 225 g/mol. The lowest BCUT2D eigenvalue weighted by Crippen LogP contribution is -2.16. The summed E-state index contributed by atoms with van der Waals surface area (Å²) in [6, 6.07) is 0. The number of nitrogens with two attached hydrogens (primary N) is 1. The molecule has 0 bridgehead atoms. The van der Waals surface area contributed by atoms with Crippen molar-refractivity contribution in [2.45, 2.75) is 38.6 Å². The van der Waals surface area contributed by atoms with E-state index in [-0.39, 0.29) is 0 Å². The minimum Gasteiger partial charge on any atom is -0.361 e. The topological polar surface area (TPSA) is 50.9 Å². The molecule has 3 N–H and O–H groups in total. The lowest BCUT2D eigenvalue weighted by molar-refractivity contribution is 0.373. The number of hydrogen-bond donors (Lipinski definition) is 2. The van der Waals surface area contributed by atoms with Crippen molar-refractivity contribution in [2.75, 3.05) is 11.9 Å². The van der Waals surface area contributed by atoms with Gasteiger partial charge in [-0.2, -0.15) is 0 Å². The zero-order valence-electron chi connectivity index (χ0n) is 9.04. The van der Waals surface area contributed by atoms with E-state index in [1.165, 1.54) is 32.1 Å². The second-order valence-corrected chi connectivity index (χ2v) is 5.34. The van der Waals surface area contributed by atoms with Crippen molar-refractivity contribution in [1.82, 2.24) is 4.98 Å². The summed E-state index contributed by atoms with van der Waals surface area (Å²) in [5.41, 5.74) is 5.54. The molecule has 1 saturated carbocycles. The van der Waals surface area contributed by atoms with Crippen molar-refractivity contribution < 1.29 is 0 Å². The number of anilines is 1. The Hall–Kier alpha value is -0.610. The van der Waals surface area contributed by atoms with Crippen LogP contribution in [0.4, 0.5) is 5.13 Å². The molecule has 1 heterocycles. The summed E-state index contributed by atoms with van der Waals surface area (Å²) in [5, 5.41) is 4.45. The number of thiazole rings is 1. The maximum atomic E-state index is 5.54. The summed E-state index contributed by atoms with van der Waals surface area (Å²) in [6.45, 7) is 1.68. The molecule has 1 fully saturated rings. The van der Waals surface area contributed by atoms with Crippen LogP contribution in [0.1, 0.15) is 37.0 Å². The highest BCUT2D eigenvalue weighted by molar-refractivity contribution is 7.15.